The Morgan fingerprint density at radius 2 is 2.25 bits per heavy atom. The third-order valence-electron chi connectivity index (χ3n) is 3.53. The Kier molecular flexibility index (Phi) is 5.05. The highest BCUT2D eigenvalue weighted by molar-refractivity contribution is 7.99. The minimum Gasteiger partial charge on any atom is -0.468 e. The molecule has 0 fully saturated rings. The van der Waals surface area contributed by atoms with E-state index in [1.54, 1.807) is 6.07 Å². The van der Waals surface area contributed by atoms with E-state index >= 15 is 0 Å². The molecular formula is C15H20FNO2S. The van der Waals surface area contributed by atoms with Crippen LogP contribution in [-0.2, 0) is 9.53 Å². The van der Waals surface area contributed by atoms with Crippen LogP contribution in [0.4, 0.5) is 4.39 Å². The molecule has 1 aromatic carbocycles. The maximum atomic E-state index is 13.8. The summed E-state index contributed by atoms with van der Waals surface area (Å²) < 4.78 is 18.7. The first-order valence-corrected chi connectivity index (χ1v) is 7.78. The van der Waals surface area contributed by atoms with Gasteiger partial charge in [-0.25, -0.2) is 4.39 Å². The lowest BCUT2D eigenvalue weighted by atomic mass is 9.98. The van der Waals surface area contributed by atoms with E-state index in [2.05, 4.69) is 5.32 Å². The summed E-state index contributed by atoms with van der Waals surface area (Å²) in [5.41, 5.74) is 0.941. The summed E-state index contributed by atoms with van der Waals surface area (Å²) in [6.45, 7) is 3.94. The van der Waals surface area contributed by atoms with Gasteiger partial charge in [0.15, 0.2) is 0 Å². The molecule has 0 saturated carbocycles. The van der Waals surface area contributed by atoms with E-state index in [1.165, 1.54) is 24.9 Å². The standard InChI is InChI=1S/C15H20FNO2S/c1-9(2)13(15(18)19-3)17-12-7-8-20-14-10(12)5-4-6-11(14)16/h4-6,9,12-13,17H,7-8H2,1-3H3. The molecule has 20 heavy (non-hydrogen) atoms. The summed E-state index contributed by atoms with van der Waals surface area (Å²) in [6, 6.07) is 4.75. The molecule has 1 aromatic rings. The Bertz CT molecular complexity index is 493. The Labute approximate surface area is 123 Å². The number of benzene rings is 1. The third-order valence-corrected chi connectivity index (χ3v) is 4.69. The molecule has 5 heteroatoms. The van der Waals surface area contributed by atoms with Crippen LogP contribution in [0.3, 0.4) is 0 Å². The van der Waals surface area contributed by atoms with Gasteiger partial charge in [-0.3, -0.25) is 10.1 Å². The van der Waals surface area contributed by atoms with Crippen molar-refractivity contribution in [2.24, 2.45) is 5.92 Å². The maximum Gasteiger partial charge on any atom is 0.323 e. The topological polar surface area (TPSA) is 38.3 Å². The fraction of sp³-hybridized carbons (Fsp3) is 0.533. The molecule has 1 N–H and O–H groups in total. The predicted molar refractivity (Wildman–Crippen MR) is 78.3 cm³/mol. The van der Waals surface area contributed by atoms with Crippen molar-refractivity contribution in [2.75, 3.05) is 12.9 Å². The third kappa shape index (κ3) is 3.15. The highest BCUT2D eigenvalue weighted by Crippen LogP contribution is 2.38. The van der Waals surface area contributed by atoms with Gasteiger partial charge in [-0.1, -0.05) is 26.0 Å². The van der Waals surface area contributed by atoms with Crippen molar-refractivity contribution in [3.05, 3.63) is 29.6 Å². The number of halogens is 1. The van der Waals surface area contributed by atoms with Crippen molar-refractivity contribution in [3.63, 3.8) is 0 Å². The van der Waals surface area contributed by atoms with Crippen molar-refractivity contribution in [1.82, 2.24) is 5.32 Å². The molecule has 0 bridgehead atoms. The molecule has 1 aliphatic rings. The first-order valence-electron chi connectivity index (χ1n) is 6.79. The normalized spacial score (nSPS) is 19.6. The Balaban J connectivity index is 2.23. The Hall–Kier alpha value is -1.07. The second-order valence-corrected chi connectivity index (χ2v) is 6.36. The summed E-state index contributed by atoms with van der Waals surface area (Å²) in [5, 5.41) is 3.33. The van der Waals surface area contributed by atoms with Crippen LogP contribution in [0.2, 0.25) is 0 Å². The monoisotopic (exact) mass is 297 g/mol. The minimum atomic E-state index is -0.371. The number of carbonyl (C=O) groups is 1. The number of fused-ring (bicyclic) bond motifs is 1. The predicted octanol–water partition coefficient (Wildman–Crippen LogP) is 3.15. The van der Waals surface area contributed by atoms with Crippen molar-refractivity contribution in [2.45, 2.75) is 37.2 Å². The van der Waals surface area contributed by atoms with Gasteiger partial charge in [-0.2, -0.15) is 0 Å². The summed E-state index contributed by atoms with van der Waals surface area (Å²) in [7, 11) is 1.39. The summed E-state index contributed by atoms with van der Waals surface area (Å²) >= 11 is 1.54. The van der Waals surface area contributed by atoms with Gasteiger partial charge in [0.2, 0.25) is 0 Å². The van der Waals surface area contributed by atoms with E-state index in [0.717, 1.165) is 17.7 Å². The van der Waals surface area contributed by atoms with E-state index in [1.807, 2.05) is 19.9 Å². The second-order valence-electron chi connectivity index (χ2n) is 5.26. The van der Waals surface area contributed by atoms with E-state index in [0.29, 0.717) is 4.90 Å². The lowest BCUT2D eigenvalue weighted by Crippen LogP contribution is -2.44. The molecule has 2 atom stereocenters. The molecule has 1 heterocycles. The van der Waals surface area contributed by atoms with Gasteiger partial charge in [-0.15, -0.1) is 11.8 Å². The van der Waals surface area contributed by atoms with Gasteiger partial charge in [-0.05, 0) is 29.7 Å². The minimum absolute atomic E-state index is 0.00606. The zero-order valence-corrected chi connectivity index (χ0v) is 12.8. The highest BCUT2D eigenvalue weighted by atomic mass is 32.2. The van der Waals surface area contributed by atoms with Gasteiger partial charge in [0.1, 0.15) is 11.9 Å². The quantitative estimate of drug-likeness (QED) is 0.867. The second kappa shape index (κ2) is 6.59. The van der Waals surface area contributed by atoms with Crippen molar-refractivity contribution >= 4 is 17.7 Å². The first-order chi connectivity index (χ1) is 9.54. The van der Waals surface area contributed by atoms with Crippen LogP contribution >= 0.6 is 11.8 Å². The molecule has 0 aromatic heterocycles. The number of ether oxygens (including phenoxy) is 1. The lowest BCUT2D eigenvalue weighted by Gasteiger charge is -2.30. The van der Waals surface area contributed by atoms with E-state index in [9.17, 15) is 9.18 Å². The van der Waals surface area contributed by atoms with Gasteiger partial charge >= 0.3 is 5.97 Å². The molecule has 0 amide bonds. The first kappa shape index (κ1) is 15.3. The largest absolute Gasteiger partial charge is 0.468 e. The smallest absolute Gasteiger partial charge is 0.323 e. The van der Waals surface area contributed by atoms with Gasteiger partial charge < -0.3 is 4.74 Å². The molecule has 2 rings (SSSR count). The molecule has 0 radical (unpaired) electrons. The number of thioether (sulfide) groups is 1. The highest BCUT2D eigenvalue weighted by Gasteiger charge is 2.30. The van der Waals surface area contributed by atoms with Crippen molar-refractivity contribution in [3.8, 4) is 0 Å². The number of esters is 1. The number of hydrogen-bond acceptors (Lipinski definition) is 4. The molecule has 3 nitrogen and oxygen atoms in total. The average Bonchev–Trinajstić information content (AvgIpc) is 2.44. The Morgan fingerprint density at radius 1 is 1.50 bits per heavy atom. The number of methoxy groups -OCH3 is 1. The zero-order chi connectivity index (χ0) is 14.7. The molecule has 2 unspecified atom stereocenters. The summed E-state index contributed by atoms with van der Waals surface area (Å²) in [4.78, 5) is 12.5. The summed E-state index contributed by atoms with van der Waals surface area (Å²) in [5.74, 6) is 0.515. The van der Waals surface area contributed by atoms with Crippen LogP contribution in [0.1, 0.15) is 31.9 Å². The fourth-order valence-corrected chi connectivity index (χ4v) is 3.58. The van der Waals surface area contributed by atoms with Crippen LogP contribution in [0.15, 0.2) is 23.1 Å². The maximum absolute atomic E-state index is 13.8. The van der Waals surface area contributed by atoms with Crippen LogP contribution in [0.5, 0.6) is 0 Å². The number of rotatable bonds is 4. The molecule has 0 saturated heterocycles. The van der Waals surface area contributed by atoms with E-state index in [4.69, 9.17) is 4.74 Å². The average molecular weight is 297 g/mol. The molecule has 1 aliphatic heterocycles. The number of hydrogen-bond donors (Lipinski definition) is 1. The number of nitrogens with one attached hydrogen (secondary N) is 1. The van der Waals surface area contributed by atoms with Crippen LogP contribution in [-0.4, -0.2) is 24.9 Å². The van der Waals surface area contributed by atoms with Crippen LogP contribution in [0.25, 0.3) is 0 Å². The SMILES string of the molecule is COC(=O)C(NC1CCSc2c(F)cccc21)C(C)C. The van der Waals surface area contributed by atoms with E-state index in [-0.39, 0.29) is 29.8 Å². The van der Waals surface area contributed by atoms with Crippen molar-refractivity contribution < 1.29 is 13.9 Å². The molecule has 0 spiro atoms. The fourth-order valence-electron chi connectivity index (χ4n) is 2.44. The molecular weight excluding hydrogens is 277 g/mol. The Morgan fingerprint density at radius 3 is 2.90 bits per heavy atom. The van der Waals surface area contributed by atoms with Crippen LogP contribution < -0.4 is 5.32 Å². The van der Waals surface area contributed by atoms with Gasteiger partial charge in [0.25, 0.3) is 0 Å². The van der Waals surface area contributed by atoms with Crippen LogP contribution in [0, 0.1) is 11.7 Å². The molecule has 0 aliphatic carbocycles. The van der Waals surface area contributed by atoms with Crippen molar-refractivity contribution in [1.29, 1.82) is 0 Å². The van der Waals surface area contributed by atoms with Gasteiger partial charge in [0, 0.05) is 10.9 Å². The van der Waals surface area contributed by atoms with E-state index < -0.39 is 0 Å². The lowest BCUT2D eigenvalue weighted by molar-refractivity contribution is -0.144. The number of carbonyl (C=O) groups excluding carboxylic acids is 1. The summed E-state index contributed by atoms with van der Waals surface area (Å²) in [6.07, 6.45) is 0.876. The molecule has 110 valence electrons. The van der Waals surface area contributed by atoms with Gasteiger partial charge in [0.05, 0.1) is 7.11 Å². The zero-order valence-electron chi connectivity index (χ0n) is 12.0.